The van der Waals surface area contributed by atoms with E-state index in [1.807, 2.05) is 35.4 Å². The molecule has 0 fully saturated rings. The average Bonchev–Trinajstić information content (AvgIpc) is 2.86. The van der Waals surface area contributed by atoms with Crippen molar-refractivity contribution in [3.8, 4) is 0 Å². The molecule has 0 radical (unpaired) electrons. The Morgan fingerprint density at radius 1 is 1.26 bits per heavy atom. The predicted octanol–water partition coefficient (Wildman–Crippen LogP) is 2.28. The van der Waals surface area contributed by atoms with Crippen LogP contribution in [0, 0.1) is 0 Å². The van der Waals surface area contributed by atoms with Crippen LogP contribution in [-0.2, 0) is 12.1 Å². The van der Waals surface area contributed by atoms with Crippen molar-refractivity contribution >= 4 is 0 Å². The van der Waals surface area contributed by atoms with Gasteiger partial charge in [-0.3, -0.25) is 4.98 Å². The van der Waals surface area contributed by atoms with Gasteiger partial charge >= 0.3 is 0 Å². The molecule has 1 atom stereocenters. The molecule has 2 heterocycles. The lowest BCUT2D eigenvalue weighted by Crippen LogP contribution is -2.22. The Balaban J connectivity index is 1.94. The molecule has 1 N–H and O–H groups in total. The Hall–Kier alpha value is -1.75. The quantitative estimate of drug-likeness (QED) is 0.915. The maximum absolute atomic E-state index is 4.19. The SMILES string of the molecule is C[C@@H](NCc1cn(C(C)(C)C)nn1)c1ccncc1. The first kappa shape index (κ1) is 13.7. The van der Waals surface area contributed by atoms with Gasteiger partial charge in [0.2, 0.25) is 0 Å². The van der Waals surface area contributed by atoms with Gasteiger partial charge in [-0.1, -0.05) is 5.21 Å². The van der Waals surface area contributed by atoms with Gasteiger partial charge in [-0.25, -0.2) is 4.68 Å². The minimum absolute atomic E-state index is 0.0258. The largest absolute Gasteiger partial charge is 0.304 e. The van der Waals surface area contributed by atoms with E-state index in [9.17, 15) is 0 Å². The van der Waals surface area contributed by atoms with Gasteiger partial charge in [-0.2, -0.15) is 0 Å². The molecule has 0 aromatic carbocycles. The summed E-state index contributed by atoms with van der Waals surface area (Å²) in [6.07, 6.45) is 5.61. The van der Waals surface area contributed by atoms with Gasteiger partial charge in [0.1, 0.15) is 0 Å². The monoisotopic (exact) mass is 259 g/mol. The van der Waals surface area contributed by atoms with E-state index >= 15 is 0 Å². The number of aromatic nitrogens is 4. The molecule has 5 nitrogen and oxygen atoms in total. The molecule has 2 aromatic heterocycles. The summed E-state index contributed by atoms with van der Waals surface area (Å²) in [7, 11) is 0. The van der Waals surface area contributed by atoms with Crippen molar-refractivity contribution in [3.63, 3.8) is 0 Å². The first-order chi connectivity index (χ1) is 8.97. The Bertz CT molecular complexity index is 512. The van der Waals surface area contributed by atoms with Crippen molar-refractivity contribution in [1.82, 2.24) is 25.3 Å². The molecule has 0 amide bonds. The lowest BCUT2D eigenvalue weighted by Gasteiger charge is -2.17. The van der Waals surface area contributed by atoms with Gasteiger partial charge in [0.25, 0.3) is 0 Å². The third-order valence-corrected chi connectivity index (χ3v) is 3.02. The highest BCUT2D eigenvalue weighted by molar-refractivity contribution is 5.14. The smallest absolute Gasteiger partial charge is 0.0965 e. The summed E-state index contributed by atoms with van der Waals surface area (Å²) in [5.41, 5.74) is 2.15. The molecule has 0 saturated heterocycles. The Morgan fingerprint density at radius 3 is 2.53 bits per heavy atom. The van der Waals surface area contributed by atoms with Crippen molar-refractivity contribution in [2.75, 3.05) is 0 Å². The molecule has 0 aliphatic rings. The second-order valence-corrected chi connectivity index (χ2v) is 5.71. The number of hydrogen-bond acceptors (Lipinski definition) is 4. The maximum Gasteiger partial charge on any atom is 0.0965 e. The summed E-state index contributed by atoms with van der Waals surface area (Å²) in [6.45, 7) is 9.17. The predicted molar refractivity (Wildman–Crippen MR) is 74.5 cm³/mol. The van der Waals surface area contributed by atoms with E-state index in [1.54, 1.807) is 0 Å². The molecule has 0 unspecified atom stereocenters. The third kappa shape index (κ3) is 3.61. The zero-order chi connectivity index (χ0) is 13.9. The van der Waals surface area contributed by atoms with E-state index in [-0.39, 0.29) is 11.6 Å². The number of rotatable bonds is 4. The van der Waals surface area contributed by atoms with Gasteiger partial charge in [-0.15, -0.1) is 5.10 Å². The summed E-state index contributed by atoms with van der Waals surface area (Å²) in [5, 5.41) is 11.8. The van der Waals surface area contributed by atoms with E-state index in [0.29, 0.717) is 6.54 Å². The Labute approximate surface area is 114 Å². The van der Waals surface area contributed by atoms with Crippen LogP contribution in [0.1, 0.15) is 45.0 Å². The summed E-state index contributed by atoms with van der Waals surface area (Å²) < 4.78 is 1.89. The molecule has 0 aliphatic heterocycles. The molecular formula is C14H21N5. The van der Waals surface area contributed by atoms with Crippen LogP contribution in [0.3, 0.4) is 0 Å². The van der Waals surface area contributed by atoms with Crippen LogP contribution in [-0.4, -0.2) is 20.0 Å². The molecular weight excluding hydrogens is 238 g/mol. The molecule has 19 heavy (non-hydrogen) atoms. The van der Waals surface area contributed by atoms with Crippen LogP contribution in [0.2, 0.25) is 0 Å². The minimum Gasteiger partial charge on any atom is -0.304 e. The van der Waals surface area contributed by atoms with Crippen molar-refractivity contribution in [3.05, 3.63) is 42.0 Å². The summed E-state index contributed by atoms with van der Waals surface area (Å²) in [4.78, 5) is 4.02. The van der Waals surface area contributed by atoms with Gasteiger partial charge in [0.05, 0.1) is 17.4 Å². The minimum atomic E-state index is -0.0258. The average molecular weight is 259 g/mol. The van der Waals surface area contributed by atoms with Gasteiger partial charge in [-0.05, 0) is 45.4 Å². The van der Waals surface area contributed by atoms with Crippen molar-refractivity contribution in [2.45, 2.75) is 45.8 Å². The van der Waals surface area contributed by atoms with Crippen LogP contribution in [0.25, 0.3) is 0 Å². The topological polar surface area (TPSA) is 55.6 Å². The maximum atomic E-state index is 4.19. The molecule has 0 bridgehead atoms. The van der Waals surface area contributed by atoms with Crippen molar-refractivity contribution in [1.29, 1.82) is 0 Å². The second kappa shape index (κ2) is 5.48. The van der Waals surface area contributed by atoms with Crippen molar-refractivity contribution in [2.24, 2.45) is 0 Å². The highest BCUT2D eigenvalue weighted by Gasteiger charge is 2.15. The molecule has 0 aliphatic carbocycles. The highest BCUT2D eigenvalue weighted by Crippen LogP contribution is 2.13. The first-order valence-corrected chi connectivity index (χ1v) is 6.52. The fourth-order valence-corrected chi connectivity index (χ4v) is 1.73. The fraction of sp³-hybridized carbons (Fsp3) is 0.500. The number of hydrogen-bond donors (Lipinski definition) is 1. The fourth-order valence-electron chi connectivity index (χ4n) is 1.73. The molecule has 5 heteroatoms. The molecule has 0 saturated carbocycles. The van der Waals surface area contributed by atoms with Crippen LogP contribution in [0.15, 0.2) is 30.7 Å². The zero-order valence-electron chi connectivity index (χ0n) is 12.0. The van der Waals surface area contributed by atoms with Crippen LogP contribution >= 0.6 is 0 Å². The first-order valence-electron chi connectivity index (χ1n) is 6.52. The van der Waals surface area contributed by atoms with Gasteiger partial charge < -0.3 is 5.32 Å². The molecule has 2 aromatic rings. The second-order valence-electron chi connectivity index (χ2n) is 5.71. The zero-order valence-corrected chi connectivity index (χ0v) is 12.0. The van der Waals surface area contributed by atoms with Crippen LogP contribution < -0.4 is 5.32 Å². The van der Waals surface area contributed by atoms with E-state index in [2.05, 4.69) is 48.3 Å². The number of pyridine rings is 1. The summed E-state index contributed by atoms with van der Waals surface area (Å²) in [5.74, 6) is 0. The van der Waals surface area contributed by atoms with Gasteiger partial charge in [0, 0.05) is 25.0 Å². The Kier molecular flexibility index (Phi) is 3.95. The molecule has 0 spiro atoms. The Morgan fingerprint density at radius 2 is 1.95 bits per heavy atom. The van der Waals surface area contributed by atoms with Crippen molar-refractivity contribution < 1.29 is 0 Å². The number of nitrogens with one attached hydrogen (secondary N) is 1. The van der Waals surface area contributed by atoms with E-state index in [0.717, 1.165) is 5.69 Å². The molecule has 102 valence electrons. The van der Waals surface area contributed by atoms with Crippen LogP contribution in [0.4, 0.5) is 0 Å². The highest BCUT2D eigenvalue weighted by atomic mass is 15.4. The number of nitrogens with zero attached hydrogens (tertiary/aromatic N) is 4. The van der Waals surface area contributed by atoms with Gasteiger partial charge in [0.15, 0.2) is 0 Å². The summed E-state index contributed by atoms with van der Waals surface area (Å²) in [6, 6.07) is 4.30. The van der Waals surface area contributed by atoms with E-state index in [1.165, 1.54) is 5.56 Å². The summed E-state index contributed by atoms with van der Waals surface area (Å²) >= 11 is 0. The molecule has 2 rings (SSSR count). The normalized spacial score (nSPS) is 13.5. The van der Waals surface area contributed by atoms with E-state index in [4.69, 9.17) is 0 Å². The van der Waals surface area contributed by atoms with Crippen LogP contribution in [0.5, 0.6) is 0 Å². The lowest BCUT2D eigenvalue weighted by molar-refractivity contribution is 0.347. The standard InChI is InChI=1S/C14H21N5/c1-11(12-5-7-15-8-6-12)16-9-13-10-19(18-17-13)14(2,3)4/h5-8,10-11,16H,9H2,1-4H3/t11-/m1/s1. The lowest BCUT2D eigenvalue weighted by atomic mass is 10.1. The van der Waals surface area contributed by atoms with E-state index < -0.39 is 0 Å². The third-order valence-electron chi connectivity index (χ3n) is 3.02.